The lowest BCUT2D eigenvalue weighted by Gasteiger charge is -2.20. The van der Waals surface area contributed by atoms with Crippen LogP contribution in [0.4, 0.5) is 8.78 Å². The van der Waals surface area contributed by atoms with E-state index in [0.717, 1.165) is 0 Å². The first kappa shape index (κ1) is 10.4. The standard InChI is InChI=1S/C8H11ClF2N2/c1-8(2,3)13-6(9)4-5(12-13)7(10)11/h4,7H,1-3H3. The molecular weight excluding hydrogens is 198 g/mol. The van der Waals surface area contributed by atoms with Gasteiger partial charge in [0.2, 0.25) is 0 Å². The van der Waals surface area contributed by atoms with Gasteiger partial charge in [-0.1, -0.05) is 11.6 Å². The van der Waals surface area contributed by atoms with Gasteiger partial charge in [-0.05, 0) is 20.8 Å². The fraction of sp³-hybridized carbons (Fsp3) is 0.625. The second-order valence-corrected chi connectivity index (χ2v) is 4.16. The molecule has 0 saturated carbocycles. The van der Waals surface area contributed by atoms with Gasteiger partial charge in [0.15, 0.2) is 0 Å². The molecule has 0 N–H and O–H groups in total. The summed E-state index contributed by atoms with van der Waals surface area (Å²) in [4.78, 5) is 0. The summed E-state index contributed by atoms with van der Waals surface area (Å²) in [5.41, 5.74) is -0.649. The van der Waals surface area contributed by atoms with Crippen molar-refractivity contribution in [2.75, 3.05) is 0 Å². The Morgan fingerprint density at radius 3 is 2.23 bits per heavy atom. The predicted molar refractivity (Wildman–Crippen MR) is 47.2 cm³/mol. The molecule has 0 aromatic carbocycles. The second kappa shape index (κ2) is 3.25. The highest BCUT2D eigenvalue weighted by Crippen LogP contribution is 2.25. The summed E-state index contributed by atoms with van der Waals surface area (Å²) in [6, 6.07) is 1.19. The van der Waals surface area contributed by atoms with Gasteiger partial charge < -0.3 is 0 Å². The first-order valence-electron chi connectivity index (χ1n) is 3.86. The molecule has 0 spiro atoms. The van der Waals surface area contributed by atoms with E-state index >= 15 is 0 Å². The van der Waals surface area contributed by atoms with Crippen molar-refractivity contribution in [1.82, 2.24) is 9.78 Å². The van der Waals surface area contributed by atoms with Crippen molar-refractivity contribution in [3.05, 3.63) is 16.9 Å². The van der Waals surface area contributed by atoms with E-state index in [-0.39, 0.29) is 16.4 Å². The third-order valence-electron chi connectivity index (χ3n) is 1.54. The summed E-state index contributed by atoms with van der Waals surface area (Å²) in [6.07, 6.45) is -2.57. The average molecular weight is 209 g/mol. The molecule has 0 radical (unpaired) electrons. The molecule has 1 rings (SSSR count). The van der Waals surface area contributed by atoms with Crippen molar-refractivity contribution in [2.24, 2.45) is 0 Å². The van der Waals surface area contributed by atoms with Gasteiger partial charge in [0.1, 0.15) is 10.8 Å². The molecular formula is C8H11ClF2N2. The quantitative estimate of drug-likeness (QED) is 0.693. The average Bonchev–Trinajstić information content (AvgIpc) is 2.29. The fourth-order valence-electron chi connectivity index (χ4n) is 0.952. The van der Waals surface area contributed by atoms with E-state index in [2.05, 4.69) is 5.10 Å². The minimum absolute atomic E-state index is 0.239. The molecule has 74 valence electrons. The number of hydrogen-bond acceptors (Lipinski definition) is 1. The minimum atomic E-state index is -2.57. The molecule has 5 heteroatoms. The SMILES string of the molecule is CC(C)(C)n1nc(C(F)F)cc1Cl. The second-order valence-electron chi connectivity index (χ2n) is 3.78. The third-order valence-corrected chi connectivity index (χ3v) is 1.81. The van der Waals surface area contributed by atoms with E-state index in [4.69, 9.17) is 11.6 Å². The van der Waals surface area contributed by atoms with E-state index < -0.39 is 6.43 Å². The van der Waals surface area contributed by atoms with E-state index in [1.807, 2.05) is 20.8 Å². The summed E-state index contributed by atoms with van der Waals surface area (Å²) < 4.78 is 25.8. The highest BCUT2D eigenvalue weighted by atomic mass is 35.5. The maximum absolute atomic E-state index is 12.2. The molecule has 0 atom stereocenters. The molecule has 1 heterocycles. The van der Waals surface area contributed by atoms with Crippen molar-refractivity contribution in [3.63, 3.8) is 0 Å². The fourth-order valence-corrected chi connectivity index (χ4v) is 1.36. The van der Waals surface area contributed by atoms with Crippen LogP contribution in [-0.2, 0) is 5.54 Å². The van der Waals surface area contributed by atoms with Gasteiger partial charge in [-0.25, -0.2) is 13.5 Å². The monoisotopic (exact) mass is 208 g/mol. The Hall–Kier alpha value is -0.640. The van der Waals surface area contributed by atoms with Crippen molar-refractivity contribution in [3.8, 4) is 0 Å². The zero-order valence-electron chi connectivity index (χ0n) is 7.68. The molecule has 2 nitrogen and oxygen atoms in total. The van der Waals surface area contributed by atoms with Crippen molar-refractivity contribution >= 4 is 11.6 Å². The van der Waals surface area contributed by atoms with Gasteiger partial charge in [0.25, 0.3) is 6.43 Å². The molecule has 0 fully saturated rings. The molecule has 13 heavy (non-hydrogen) atoms. The van der Waals surface area contributed by atoms with E-state index in [9.17, 15) is 8.78 Å². The molecule has 1 aromatic heterocycles. The lowest BCUT2D eigenvalue weighted by molar-refractivity contribution is 0.143. The summed E-state index contributed by atoms with van der Waals surface area (Å²) in [5.74, 6) is 0. The van der Waals surface area contributed by atoms with Gasteiger partial charge >= 0.3 is 0 Å². The normalized spacial score (nSPS) is 12.5. The van der Waals surface area contributed by atoms with Crippen LogP contribution in [0.2, 0.25) is 5.15 Å². The van der Waals surface area contributed by atoms with Crippen LogP contribution in [0, 0.1) is 0 Å². The lowest BCUT2D eigenvalue weighted by atomic mass is 10.1. The van der Waals surface area contributed by atoms with Gasteiger partial charge in [-0.2, -0.15) is 5.10 Å². The van der Waals surface area contributed by atoms with Gasteiger partial charge in [0.05, 0.1) is 5.54 Å². The van der Waals surface area contributed by atoms with Gasteiger partial charge in [-0.3, -0.25) is 0 Å². The molecule has 0 amide bonds. The molecule has 0 aliphatic rings. The first-order chi connectivity index (χ1) is 5.82. The maximum atomic E-state index is 12.2. The van der Waals surface area contributed by atoms with Gasteiger partial charge in [0, 0.05) is 6.07 Å². The lowest BCUT2D eigenvalue weighted by Crippen LogP contribution is -2.23. The Morgan fingerprint density at radius 2 is 2.00 bits per heavy atom. The number of aromatic nitrogens is 2. The zero-order valence-corrected chi connectivity index (χ0v) is 8.44. The van der Waals surface area contributed by atoms with Crippen molar-refractivity contribution in [1.29, 1.82) is 0 Å². The molecule has 1 aromatic rings. The number of nitrogens with zero attached hydrogens (tertiary/aromatic N) is 2. The molecule has 0 bridgehead atoms. The van der Waals surface area contributed by atoms with Crippen LogP contribution in [0.1, 0.15) is 32.9 Å². The third kappa shape index (κ3) is 2.18. The molecule has 0 aliphatic heterocycles. The summed E-state index contributed by atoms with van der Waals surface area (Å²) in [6.45, 7) is 5.55. The Balaban J connectivity index is 3.11. The molecule has 0 aliphatic carbocycles. The van der Waals surface area contributed by atoms with Crippen LogP contribution in [-0.4, -0.2) is 9.78 Å². The van der Waals surface area contributed by atoms with Crippen LogP contribution in [0.5, 0.6) is 0 Å². The first-order valence-corrected chi connectivity index (χ1v) is 4.24. The van der Waals surface area contributed by atoms with Gasteiger partial charge in [-0.15, -0.1) is 0 Å². The van der Waals surface area contributed by atoms with E-state index in [0.29, 0.717) is 0 Å². The smallest absolute Gasteiger partial charge is 0.248 e. The van der Waals surface area contributed by atoms with Crippen molar-refractivity contribution < 1.29 is 8.78 Å². The topological polar surface area (TPSA) is 17.8 Å². The number of hydrogen-bond donors (Lipinski definition) is 0. The Kier molecular flexibility index (Phi) is 2.61. The summed E-state index contributed by atoms with van der Waals surface area (Å²) in [5, 5.41) is 3.95. The zero-order chi connectivity index (χ0) is 10.2. The van der Waals surface area contributed by atoms with E-state index in [1.54, 1.807) is 0 Å². The van der Waals surface area contributed by atoms with Crippen molar-refractivity contribution in [2.45, 2.75) is 32.7 Å². The Morgan fingerprint density at radius 1 is 1.46 bits per heavy atom. The molecule has 0 unspecified atom stereocenters. The van der Waals surface area contributed by atoms with Crippen LogP contribution < -0.4 is 0 Å². The Labute approximate surface area is 80.5 Å². The highest BCUT2D eigenvalue weighted by Gasteiger charge is 2.21. The van der Waals surface area contributed by atoms with Crippen LogP contribution in [0.15, 0.2) is 6.07 Å². The number of rotatable bonds is 1. The van der Waals surface area contributed by atoms with Crippen LogP contribution in [0.25, 0.3) is 0 Å². The van der Waals surface area contributed by atoms with Crippen LogP contribution in [0.3, 0.4) is 0 Å². The summed E-state index contributed by atoms with van der Waals surface area (Å²) >= 11 is 5.74. The summed E-state index contributed by atoms with van der Waals surface area (Å²) in [7, 11) is 0. The largest absolute Gasteiger partial charge is 0.282 e. The Bertz CT molecular complexity index is 302. The highest BCUT2D eigenvalue weighted by molar-refractivity contribution is 6.29. The minimum Gasteiger partial charge on any atom is -0.248 e. The molecule has 0 saturated heterocycles. The number of alkyl halides is 2. The number of halogens is 3. The predicted octanol–water partition coefficient (Wildman–Crippen LogP) is 3.23. The maximum Gasteiger partial charge on any atom is 0.282 e. The van der Waals surface area contributed by atoms with Crippen LogP contribution >= 0.6 is 11.6 Å². The van der Waals surface area contributed by atoms with E-state index in [1.165, 1.54) is 10.7 Å².